The maximum atomic E-state index is 14.2. The molecule has 1 fully saturated rings. The van der Waals surface area contributed by atoms with Crippen LogP contribution in [0.3, 0.4) is 0 Å². The maximum Gasteiger partial charge on any atom is 0.348 e. The van der Waals surface area contributed by atoms with E-state index in [1.165, 1.54) is 35.5 Å². The van der Waals surface area contributed by atoms with Crippen LogP contribution in [-0.2, 0) is 22.4 Å². The van der Waals surface area contributed by atoms with Crippen molar-refractivity contribution in [2.75, 3.05) is 13.7 Å². The lowest BCUT2D eigenvalue weighted by molar-refractivity contribution is -0.148. The lowest BCUT2D eigenvalue weighted by Crippen LogP contribution is -2.37. The van der Waals surface area contributed by atoms with E-state index in [9.17, 15) is 23.5 Å². The van der Waals surface area contributed by atoms with Crippen LogP contribution in [0.1, 0.15) is 39.9 Å². The molecule has 1 unspecified atom stereocenters. The van der Waals surface area contributed by atoms with E-state index in [4.69, 9.17) is 0 Å². The van der Waals surface area contributed by atoms with E-state index in [2.05, 4.69) is 4.74 Å². The maximum absolute atomic E-state index is 14.2. The molecule has 1 aromatic heterocycles. The molecule has 1 aliphatic rings. The van der Waals surface area contributed by atoms with E-state index in [-0.39, 0.29) is 12.5 Å². The van der Waals surface area contributed by atoms with Crippen molar-refractivity contribution in [2.24, 2.45) is 5.92 Å². The molecule has 0 spiro atoms. The zero-order valence-electron chi connectivity index (χ0n) is 18.7. The summed E-state index contributed by atoms with van der Waals surface area (Å²) in [7, 11) is 1.31. The summed E-state index contributed by atoms with van der Waals surface area (Å²) in [5, 5.41) is 10.5. The number of alkyl halides is 2. The minimum Gasteiger partial charge on any atom is -0.465 e. The number of rotatable bonds is 10. The normalized spacial score (nSPS) is 19.7. The Bertz CT molecular complexity index is 976. The fraction of sp³-hybridized carbons (Fsp3) is 0.440. The van der Waals surface area contributed by atoms with Gasteiger partial charge in [-0.05, 0) is 42.9 Å². The van der Waals surface area contributed by atoms with Crippen molar-refractivity contribution < 1.29 is 28.2 Å². The Balaban J connectivity index is 1.58. The Kier molecular flexibility index (Phi) is 8.37. The van der Waals surface area contributed by atoms with E-state index in [1.807, 2.05) is 37.3 Å². The van der Waals surface area contributed by atoms with Crippen LogP contribution in [0.4, 0.5) is 8.78 Å². The molecule has 5 nitrogen and oxygen atoms in total. The molecule has 1 saturated heterocycles. The molecular weight excluding hydrogens is 448 g/mol. The van der Waals surface area contributed by atoms with Gasteiger partial charge in [-0.15, -0.1) is 11.3 Å². The molecule has 1 aliphatic heterocycles. The van der Waals surface area contributed by atoms with Crippen molar-refractivity contribution in [3.63, 3.8) is 0 Å². The standard InChI is InChI=1S/C25H29F2NO4S/c1-17(15-18-7-4-3-5-8-18)21(29)12-10-19-16-25(26,27)24(31)28(19)14-6-9-20-11-13-22(33-20)23(30)32-2/h3-5,7-8,10-13,17,19,21,29H,6,9,14-16H2,1-2H3/t17-,19?,21+/m0/s1. The molecule has 2 aromatic rings. The molecular formula is C25H29F2NO4S. The number of aryl methyl sites for hydroxylation is 1. The van der Waals surface area contributed by atoms with Crippen LogP contribution in [-0.4, -0.2) is 53.6 Å². The average Bonchev–Trinajstić information content (AvgIpc) is 3.35. The second-order valence-electron chi connectivity index (χ2n) is 8.38. The van der Waals surface area contributed by atoms with Crippen LogP contribution in [0, 0.1) is 5.92 Å². The fourth-order valence-corrected chi connectivity index (χ4v) is 4.91. The zero-order chi connectivity index (χ0) is 24.0. The largest absolute Gasteiger partial charge is 0.465 e. The summed E-state index contributed by atoms with van der Waals surface area (Å²) in [6, 6.07) is 12.5. The highest BCUT2D eigenvalue weighted by molar-refractivity contribution is 7.13. The number of nitrogens with zero attached hydrogens (tertiary/aromatic N) is 1. The minimum atomic E-state index is -3.41. The molecule has 1 amide bonds. The van der Waals surface area contributed by atoms with E-state index >= 15 is 0 Å². The first-order valence-corrected chi connectivity index (χ1v) is 11.8. The number of aliphatic hydroxyl groups excluding tert-OH is 1. The predicted octanol–water partition coefficient (Wildman–Crippen LogP) is 4.50. The summed E-state index contributed by atoms with van der Waals surface area (Å²) < 4.78 is 33.0. The van der Waals surface area contributed by atoms with Gasteiger partial charge in [-0.25, -0.2) is 4.79 Å². The van der Waals surface area contributed by atoms with Crippen molar-refractivity contribution in [1.82, 2.24) is 4.90 Å². The van der Waals surface area contributed by atoms with E-state index in [0.717, 1.165) is 10.4 Å². The molecule has 1 aromatic carbocycles. The topological polar surface area (TPSA) is 66.8 Å². The number of ether oxygens (including phenoxy) is 1. The van der Waals surface area contributed by atoms with Gasteiger partial charge in [0, 0.05) is 17.8 Å². The Morgan fingerprint density at radius 2 is 2.03 bits per heavy atom. The number of methoxy groups -OCH3 is 1. The monoisotopic (exact) mass is 477 g/mol. The number of esters is 1. The highest BCUT2D eigenvalue weighted by Crippen LogP contribution is 2.34. The van der Waals surface area contributed by atoms with Crippen LogP contribution in [0.25, 0.3) is 0 Å². The highest BCUT2D eigenvalue weighted by Gasteiger charge is 2.52. The van der Waals surface area contributed by atoms with Crippen molar-refractivity contribution in [1.29, 1.82) is 0 Å². The van der Waals surface area contributed by atoms with Crippen LogP contribution < -0.4 is 0 Å². The Hall–Kier alpha value is -2.58. The SMILES string of the molecule is COC(=O)c1ccc(CCCN2C(=O)C(F)(F)CC2C=C[C@@H](O)[C@@H](C)Cc2ccccc2)s1. The number of thiophene rings is 1. The van der Waals surface area contributed by atoms with Gasteiger partial charge < -0.3 is 14.7 Å². The third-order valence-electron chi connectivity index (χ3n) is 5.82. The molecule has 8 heteroatoms. The summed E-state index contributed by atoms with van der Waals surface area (Å²) in [5.74, 6) is -5.09. The van der Waals surface area contributed by atoms with E-state index in [0.29, 0.717) is 24.1 Å². The molecule has 178 valence electrons. The smallest absolute Gasteiger partial charge is 0.348 e. The van der Waals surface area contributed by atoms with Crippen LogP contribution in [0.15, 0.2) is 54.6 Å². The quantitative estimate of drug-likeness (QED) is 0.404. The number of hydrogen-bond acceptors (Lipinski definition) is 5. The van der Waals surface area contributed by atoms with Gasteiger partial charge in [-0.1, -0.05) is 49.4 Å². The first kappa shape index (κ1) is 25.1. The number of benzene rings is 1. The number of halogens is 2. The fourth-order valence-electron chi connectivity index (χ4n) is 3.94. The molecule has 0 radical (unpaired) electrons. The Morgan fingerprint density at radius 3 is 2.73 bits per heavy atom. The minimum absolute atomic E-state index is 0.0995. The van der Waals surface area contributed by atoms with Gasteiger partial charge in [-0.3, -0.25) is 4.79 Å². The van der Waals surface area contributed by atoms with Gasteiger partial charge in [0.1, 0.15) is 4.88 Å². The van der Waals surface area contributed by atoms with Crippen LogP contribution in [0.2, 0.25) is 0 Å². The average molecular weight is 478 g/mol. The number of carbonyl (C=O) groups excluding carboxylic acids is 2. The summed E-state index contributed by atoms with van der Waals surface area (Å²) >= 11 is 1.29. The molecule has 3 rings (SSSR count). The molecule has 3 atom stereocenters. The van der Waals surface area contributed by atoms with Gasteiger partial charge in [-0.2, -0.15) is 8.78 Å². The van der Waals surface area contributed by atoms with Gasteiger partial charge in [0.15, 0.2) is 0 Å². The zero-order valence-corrected chi connectivity index (χ0v) is 19.6. The summed E-state index contributed by atoms with van der Waals surface area (Å²) in [5.41, 5.74) is 1.09. The van der Waals surface area contributed by atoms with Crippen molar-refractivity contribution in [3.05, 3.63) is 69.9 Å². The number of carbonyl (C=O) groups is 2. The third-order valence-corrected chi connectivity index (χ3v) is 6.95. The van der Waals surface area contributed by atoms with Crippen molar-refractivity contribution in [3.8, 4) is 0 Å². The third kappa shape index (κ3) is 6.48. The van der Waals surface area contributed by atoms with Gasteiger partial charge >= 0.3 is 11.9 Å². The second kappa shape index (κ2) is 11.0. The summed E-state index contributed by atoms with van der Waals surface area (Å²) in [6.45, 7) is 2.07. The number of hydrogen-bond donors (Lipinski definition) is 1. The Morgan fingerprint density at radius 1 is 1.30 bits per heavy atom. The number of amides is 1. The molecule has 33 heavy (non-hydrogen) atoms. The highest BCUT2D eigenvalue weighted by atomic mass is 32.1. The lowest BCUT2D eigenvalue weighted by atomic mass is 9.95. The first-order chi connectivity index (χ1) is 15.7. The van der Waals surface area contributed by atoms with E-state index < -0.39 is 36.4 Å². The Labute approximate surface area is 196 Å². The van der Waals surface area contributed by atoms with Gasteiger partial charge in [0.2, 0.25) is 0 Å². The van der Waals surface area contributed by atoms with Crippen molar-refractivity contribution in [2.45, 2.75) is 50.7 Å². The molecule has 1 N–H and O–H groups in total. The number of aliphatic hydroxyl groups is 1. The van der Waals surface area contributed by atoms with Crippen molar-refractivity contribution >= 4 is 23.2 Å². The summed E-state index contributed by atoms with van der Waals surface area (Å²) in [4.78, 5) is 26.4. The lowest BCUT2D eigenvalue weighted by Gasteiger charge is -2.22. The second-order valence-corrected chi connectivity index (χ2v) is 9.55. The van der Waals surface area contributed by atoms with Gasteiger partial charge in [0.25, 0.3) is 5.91 Å². The molecule has 0 bridgehead atoms. The van der Waals surface area contributed by atoms with Crippen LogP contribution >= 0.6 is 11.3 Å². The molecule has 0 aliphatic carbocycles. The van der Waals surface area contributed by atoms with Gasteiger partial charge in [0.05, 0.1) is 19.3 Å². The molecule has 2 heterocycles. The number of likely N-dealkylation sites (tertiary alicyclic amines) is 1. The first-order valence-electron chi connectivity index (χ1n) is 11.0. The molecule has 0 saturated carbocycles. The predicted molar refractivity (Wildman–Crippen MR) is 124 cm³/mol. The summed E-state index contributed by atoms with van der Waals surface area (Å²) in [6.07, 6.45) is 3.37. The van der Waals surface area contributed by atoms with Crippen LogP contribution in [0.5, 0.6) is 0 Å². The van der Waals surface area contributed by atoms with E-state index in [1.54, 1.807) is 12.1 Å².